The molecule has 0 unspecified atom stereocenters. The number of rotatable bonds is 2. The number of aromatic nitrogens is 1. The number of aromatic hydroxyl groups is 1. The Morgan fingerprint density at radius 3 is 2.38 bits per heavy atom. The van der Waals surface area contributed by atoms with Gasteiger partial charge in [-0.1, -0.05) is 67.9 Å². The number of phenolic OH excluding ortho intramolecular Hbond substituents is 1. The molecule has 32 heavy (non-hydrogen) atoms. The molecule has 0 aliphatic heterocycles. The predicted molar refractivity (Wildman–Crippen MR) is 134 cm³/mol. The number of hydrogen-bond donors (Lipinski definition) is 1. The maximum atomic E-state index is 10.3. The van der Waals surface area contributed by atoms with Gasteiger partial charge in [0.1, 0.15) is 10.8 Å². The van der Waals surface area contributed by atoms with E-state index in [1.54, 1.807) is 17.4 Å². The summed E-state index contributed by atoms with van der Waals surface area (Å²) in [5.74, 6) is 0.273. The molecule has 0 radical (unpaired) electrons. The normalized spacial score (nSPS) is 13.8. The molecule has 6 rings (SSSR count). The summed E-state index contributed by atoms with van der Waals surface area (Å²) in [4.78, 5) is 4.79. The van der Waals surface area contributed by atoms with Crippen molar-refractivity contribution >= 4 is 21.6 Å². The summed E-state index contributed by atoms with van der Waals surface area (Å²) in [5, 5.41) is 11.2. The fourth-order valence-corrected chi connectivity index (χ4v) is 5.95. The van der Waals surface area contributed by atoms with Crippen LogP contribution in [0.1, 0.15) is 30.5 Å². The van der Waals surface area contributed by atoms with E-state index in [0.717, 1.165) is 26.4 Å². The number of hydrogen-bond acceptors (Lipinski definition) is 3. The first-order valence-corrected chi connectivity index (χ1v) is 11.7. The highest BCUT2D eigenvalue weighted by molar-refractivity contribution is 7.21. The van der Waals surface area contributed by atoms with Crippen LogP contribution < -0.4 is 0 Å². The van der Waals surface area contributed by atoms with E-state index in [0.29, 0.717) is 0 Å². The molecule has 0 saturated carbocycles. The molecule has 1 N–H and O–H groups in total. The molecule has 1 aromatic heterocycles. The average molecular weight is 434 g/mol. The van der Waals surface area contributed by atoms with Crippen LogP contribution in [0.25, 0.3) is 43.0 Å². The van der Waals surface area contributed by atoms with Gasteiger partial charge < -0.3 is 5.11 Å². The molecule has 156 valence electrons. The van der Waals surface area contributed by atoms with Crippen LogP contribution in [0.5, 0.6) is 5.75 Å². The molecule has 0 atom stereocenters. The third-order valence-corrected chi connectivity index (χ3v) is 7.74. The van der Waals surface area contributed by atoms with Crippen molar-refractivity contribution in [3.05, 3.63) is 95.6 Å². The van der Waals surface area contributed by atoms with Crippen LogP contribution in [0.15, 0.2) is 78.9 Å². The van der Waals surface area contributed by atoms with E-state index in [-0.39, 0.29) is 11.2 Å². The Hall–Kier alpha value is -3.43. The summed E-state index contributed by atoms with van der Waals surface area (Å²) < 4.78 is 1.13. The zero-order valence-corrected chi connectivity index (χ0v) is 19.1. The molecule has 5 aromatic rings. The van der Waals surface area contributed by atoms with Gasteiger partial charge in [0, 0.05) is 5.41 Å². The monoisotopic (exact) mass is 433 g/mol. The zero-order valence-electron chi connectivity index (χ0n) is 18.3. The van der Waals surface area contributed by atoms with Gasteiger partial charge in [-0.3, -0.25) is 0 Å². The maximum absolute atomic E-state index is 10.3. The summed E-state index contributed by atoms with van der Waals surface area (Å²) in [6.45, 7) is 6.66. The van der Waals surface area contributed by atoms with Gasteiger partial charge in [-0.05, 0) is 70.6 Å². The number of phenols is 1. The summed E-state index contributed by atoms with van der Waals surface area (Å²) in [6, 6.07) is 27.7. The van der Waals surface area contributed by atoms with Crippen molar-refractivity contribution in [2.24, 2.45) is 0 Å². The molecule has 3 heteroatoms. The lowest BCUT2D eigenvalue weighted by Gasteiger charge is -2.22. The minimum absolute atomic E-state index is 0.00755. The molecule has 2 nitrogen and oxygen atoms in total. The third kappa shape index (κ3) is 2.81. The molecule has 1 heterocycles. The smallest absolute Gasteiger partial charge is 0.128 e. The first-order valence-electron chi connectivity index (χ1n) is 10.9. The number of benzene rings is 4. The fourth-order valence-electron chi connectivity index (χ4n) is 4.92. The summed E-state index contributed by atoms with van der Waals surface area (Å²) in [5.41, 5.74) is 10.7. The predicted octanol–water partition coefficient (Wildman–Crippen LogP) is 7.95. The van der Waals surface area contributed by atoms with Crippen molar-refractivity contribution < 1.29 is 5.11 Å². The van der Waals surface area contributed by atoms with E-state index < -0.39 is 0 Å². The van der Waals surface area contributed by atoms with Crippen LogP contribution in [0.3, 0.4) is 0 Å². The standard InChI is InChI=1S/C29H23NOS/c1-17-8-13-26(31)22(14-17)28-30-25-12-10-19(16-27(25)32-28)18-9-11-21-20-6-4-5-7-23(20)29(2,3)24(21)15-18/h4-16,31H,1-3H3. The van der Waals surface area contributed by atoms with Crippen molar-refractivity contribution in [2.45, 2.75) is 26.2 Å². The van der Waals surface area contributed by atoms with Crippen LogP contribution in [0.4, 0.5) is 0 Å². The zero-order chi connectivity index (χ0) is 22.0. The van der Waals surface area contributed by atoms with Crippen LogP contribution in [0.2, 0.25) is 0 Å². The minimum atomic E-state index is -0.00755. The fraction of sp³-hybridized carbons (Fsp3) is 0.138. The van der Waals surface area contributed by atoms with Gasteiger partial charge in [0.2, 0.25) is 0 Å². The summed E-state index contributed by atoms with van der Waals surface area (Å²) in [6.07, 6.45) is 0. The highest BCUT2D eigenvalue weighted by atomic mass is 32.1. The van der Waals surface area contributed by atoms with E-state index in [9.17, 15) is 5.11 Å². The molecule has 4 aromatic carbocycles. The second-order valence-electron chi connectivity index (χ2n) is 9.15. The van der Waals surface area contributed by atoms with Crippen molar-refractivity contribution in [3.63, 3.8) is 0 Å². The van der Waals surface area contributed by atoms with Crippen molar-refractivity contribution in [1.82, 2.24) is 4.98 Å². The van der Waals surface area contributed by atoms with Crippen LogP contribution in [0, 0.1) is 6.92 Å². The highest BCUT2D eigenvalue weighted by Crippen LogP contribution is 2.49. The van der Waals surface area contributed by atoms with Crippen molar-refractivity contribution in [3.8, 4) is 38.6 Å². The largest absolute Gasteiger partial charge is 0.507 e. The molecule has 0 spiro atoms. The van der Waals surface area contributed by atoms with E-state index >= 15 is 0 Å². The van der Waals surface area contributed by atoms with Gasteiger partial charge >= 0.3 is 0 Å². The van der Waals surface area contributed by atoms with Crippen molar-refractivity contribution in [2.75, 3.05) is 0 Å². The summed E-state index contributed by atoms with van der Waals surface area (Å²) >= 11 is 1.63. The Morgan fingerprint density at radius 1 is 0.750 bits per heavy atom. The number of fused-ring (bicyclic) bond motifs is 4. The van der Waals surface area contributed by atoms with Gasteiger partial charge in [-0.2, -0.15) is 0 Å². The molecule has 0 fully saturated rings. The van der Waals surface area contributed by atoms with Gasteiger partial charge in [-0.15, -0.1) is 11.3 Å². The number of thiazole rings is 1. The quantitative estimate of drug-likeness (QED) is 0.306. The molecule has 0 saturated heterocycles. The Morgan fingerprint density at radius 2 is 1.50 bits per heavy atom. The lowest BCUT2D eigenvalue weighted by atomic mass is 9.81. The van der Waals surface area contributed by atoms with Crippen molar-refractivity contribution in [1.29, 1.82) is 0 Å². The maximum Gasteiger partial charge on any atom is 0.128 e. The van der Waals surface area contributed by atoms with Gasteiger partial charge in [0.15, 0.2) is 0 Å². The average Bonchev–Trinajstić information content (AvgIpc) is 3.32. The molecule has 0 bridgehead atoms. The SMILES string of the molecule is Cc1ccc(O)c(-c2nc3ccc(-c4ccc5c(c4)C(C)(C)c4ccccc4-5)cc3s2)c1. The van der Waals surface area contributed by atoms with E-state index in [4.69, 9.17) is 4.98 Å². The number of nitrogens with zero attached hydrogens (tertiary/aromatic N) is 1. The second kappa shape index (κ2) is 6.78. The van der Waals surface area contributed by atoms with Crippen LogP contribution in [-0.4, -0.2) is 10.1 Å². The minimum Gasteiger partial charge on any atom is -0.507 e. The molecule has 0 amide bonds. The first-order chi connectivity index (χ1) is 15.4. The second-order valence-corrected chi connectivity index (χ2v) is 10.2. The van der Waals surface area contributed by atoms with E-state index in [1.165, 1.54) is 33.4 Å². The lowest BCUT2D eigenvalue weighted by Crippen LogP contribution is -2.14. The Labute approximate surface area is 191 Å². The van der Waals surface area contributed by atoms with Crippen LogP contribution >= 0.6 is 11.3 Å². The van der Waals surface area contributed by atoms with Crippen LogP contribution in [-0.2, 0) is 5.41 Å². The van der Waals surface area contributed by atoms with Gasteiger partial charge in [0.25, 0.3) is 0 Å². The topological polar surface area (TPSA) is 33.1 Å². The molecule has 1 aliphatic carbocycles. The number of aryl methyl sites for hydroxylation is 1. The van der Waals surface area contributed by atoms with E-state index in [2.05, 4.69) is 74.5 Å². The Balaban J connectivity index is 1.45. The first kappa shape index (κ1) is 19.3. The molecular weight excluding hydrogens is 410 g/mol. The van der Waals surface area contributed by atoms with Gasteiger partial charge in [0.05, 0.1) is 15.8 Å². The third-order valence-electron chi connectivity index (χ3n) is 6.69. The van der Waals surface area contributed by atoms with Gasteiger partial charge in [-0.25, -0.2) is 4.98 Å². The molecule has 1 aliphatic rings. The Kier molecular flexibility index (Phi) is 4.08. The molecular formula is C29H23NOS. The Bertz CT molecular complexity index is 1530. The highest BCUT2D eigenvalue weighted by Gasteiger charge is 2.35. The summed E-state index contributed by atoms with van der Waals surface area (Å²) in [7, 11) is 0. The lowest BCUT2D eigenvalue weighted by molar-refractivity contribution is 0.477. The van der Waals surface area contributed by atoms with E-state index in [1.807, 2.05) is 19.1 Å².